The topological polar surface area (TPSA) is 74.1 Å². The minimum atomic E-state index is -0.449. The maximum atomic E-state index is 13.2. The smallest absolute Gasteiger partial charge is 0.259 e. The second-order valence-electron chi connectivity index (χ2n) is 7.74. The van der Waals surface area contributed by atoms with Crippen molar-refractivity contribution in [2.45, 2.75) is 38.5 Å². The number of amides is 2. The molecule has 0 spiro atoms. The zero-order valence-corrected chi connectivity index (χ0v) is 19.1. The van der Waals surface area contributed by atoms with E-state index in [1.807, 2.05) is 45.0 Å². The lowest BCUT2D eigenvalue weighted by molar-refractivity contribution is -0.125. The first-order valence-corrected chi connectivity index (χ1v) is 11.5. The van der Waals surface area contributed by atoms with Gasteiger partial charge >= 0.3 is 0 Å². The molecule has 0 aromatic heterocycles. The molecule has 6 nitrogen and oxygen atoms in total. The average molecular weight is 455 g/mol. The van der Waals surface area contributed by atoms with E-state index in [0.717, 1.165) is 11.3 Å². The summed E-state index contributed by atoms with van der Waals surface area (Å²) < 4.78 is 0. The van der Waals surface area contributed by atoms with Crippen molar-refractivity contribution < 1.29 is 9.59 Å². The second-order valence-corrected chi connectivity index (χ2v) is 9.34. The first-order valence-electron chi connectivity index (χ1n) is 10.2. The molecule has 2 heterocycles. The van der Waals surface area contributed by atoms with Gasteiger partial charge in [-0.15, -0.1) is 0 Å². The Morgan fingerprint density at radius 3 is 2.58 bits per heavy atom. The standard InChI is InChI=1S/C23H23ClN4O2S/c1-4-18(21(29)25-15-11-9-14(24)10-12-15)31-23-26-17-8-6-5-7-16(17)20-27-19(13(2)3)22(30)28(20)23/h5-13,18-19H,4H2,1-3H3,(H,25,29)/t18-,19-/m1/s1. The van der Waals surface area contributed by atoms with Crippen LogP contribution >= 0.6 is 23.4 Å². The van der Waals surface area contributed by atoms with E-state index in [0.29, 0.717) is 28.1 Å². The largest absolute Gasteiger partial charge is 0.325 e. The highest BCUT2D eigenvalue weighted by atomic mass is 35.5. The summed E-state index contributed by atoms with van der Waals surface area (Å²) in [4.78, 5) is 37.1. The van der Waals surface area contributed by atoms with Crippen molar-refractivity contribution in [2.75, 3.05) is 5.32 Å². The fourth-order valence-corrected chi connectivity index (χ4v) is 4.63. The van der Waals surface area contributed by atoms with Crippen LogP contribution in [-0.2, 0) is 9.59 Å². The summed E-state index contributed by atoms with van der Waals surface area (Å²) in [6.07, 6.45) is 0.576. The Balaban J connectivity index is 1.62. The molecule has 0 unspecified atom stereocenters. The summed E-state index contributed by atoms with van der Waals surface area (Å²) >= 11 is 7.22. The molecule has 0 radical (unpaired) electrons. The van der Waals surface area contributed by atoms with Gasteiger partial charge in [-0.2, -0.15) is 0 Å². The van der Waals surface area contributed by atoms with Gasteiger partial charge < -0.3 is 5.32 Å². The molecule has 2 amide bonds. The number of hydrogen-bond donors (Lipinski definition) is 1. The quantitative estimate of drug-likeness (QED) is 0.682. The van der Waals surface area contributed by atoms with Crippen molar-refractivity contribution in [3.8, 4) is 0 Å². The van der Waals surface area contributed by atoms with E-state index in [1.165, 1.54) is 11.8 Å². The third-order valence-electron chi connectivity index (χ3n) is 5.15. The monoisotopic (exact) mass is 454 g/mol. The van der Waals surface area contributed by atoms with Crippen LogP contribution in [0.15, 0.2) is 58.5 Å². The molecular formula is C23H23ClN4O2S. The number of benzene rings is 2. The Labute approximate surface area is 190 Å². The summed E-state index contributed by atoms with van der Waals surface area (Å²) in [5.41, 5.74) is 2.26. The van der Waals surface area contributed by atoms with Crippen molar-refractivity contribution in [3.05, 3.63) is 59.1 Å². The Morgan fingerprint density at radius 2 is 1.90 bits per heavy atom. The molecule has 0 bridgehead atoms. The fraction of sp³-hybridized carbons (Fsp3) is 0.304. The van der Waals surface area contributed by atoms with Crippen LogP contribution in [0.2, 0.25) is 5.02 Å². The van der Waals surface area contributed by atoms with Gasteiger partial charge in [-0.3, -0.25) is 14.6 Å². The zero-order valence-electron chi connectivity index (χ0n) is 17.5. The van der Waals surface area contributed by atoms with Crippen LogP contribution in [-0.4, -0.2) is 39.0 Å². The average Bonchev–Trinajstić information content (AvgIpc) is 3.11. The van der Waals surface area contributed by atoms with Crippen LogP contribution in [0.3, 0.4) is 0 Å². The van der Waals surface area contributed by atoms with Crippen molar-refractivity contribution in [3.63, 3.8) is 0 Å². The van der Waals surface area contributed by atoms with Gasteiger partial charge in [-0.05, 0) is 48.7 Å². The number of nitrogens with one attached hydrogen (secondary N) is 1. The van der Waals surface area contributed by atoms with Crippen LogP contribution in [0, 0.1) is 5.92 Å². The molecule has 2 aromatic rings. The van der Waals surface area contributed by atoms with E-state index >= 15 is 0 Å². The number of carbonyl (C=O) groups excluding carboxylic acids is 2. The SMILES string of the molecule is CC[C@@H](SC1=Nc2ccccc2C2=N[C@H](C(C)C)C(=O)N12)C(=O)Nc1ccc(Cl)cc1. The molecule has 0 fully saturated rings. The predicted molar refractivity (Wildman–Crippen MR) is 127 cm³/mol. The van der Waals surface area contributed by atoms with Gasteiger partial charge in [0.1, 0.15) is 11.9 Å². The highest BCUT2D eigenvalue weighted by Gasteiger charge is 2.43. The lowest BCUT2D eigenvalue weighted by Gasteiger charge is -2.27. The van der Waals surface area contributed by atoms with Crippen LogP contribution in [0.5, 0.6) is 0 Å². The molecular weight excluding hydrogens is 432 g/mol. The molecule has 1 N–H and O–H groups in total. The number of nitrogens with zero attached hydrogens (tertiary/aromatic N) is 3. The molecule has 2 aliphatic rings. The van der Waals surface area contributed by atoms with Crippen molar-refractivity contribution in [1.29, 1.82) is 0 Å². The summed E-state index contributed by atoms with van der Waals surface area (Å²) in [6.45, 7) is 5.90. The Kier molecular flexibility index (Phi) is 6.16. The van der Waals surface area contributed by atoms with E-state index in [4.69, 9.17) is 21.6 Å². The van der Waals surface area contributed by atoms with E-state index in [-0.39, 0.29) is 17.7 Å². The number of anilines is 1. The number of halogens is 1. The van der Waals surface area contributed by atoms with E-state index in [9.17, 15) is 9.59 Å². The molecule has 0 saturated carbocycles. The van der Waals surface area contributed by atoms with Gasteiger partial charge in [0.05, 0.1) is 10.9 Å². The lowest BCUT2D eigenvalue weighted by Crippen LogP contribution is -2.43. The van der Waals surface area contributed by atoms with E-state index < -0.39 is 11.3 Å². The van der Waals surface area contributed by atoms with Gasteiger partial charge in [-0.1, -0.05) is 56.3 Å². The highest BCUT2D eigenvalue weighted by molar-refractivity contribution is 8.15. The minimum absolute atomic E-state index is 0.0687. The van der Waals surface area contributed by atoms with Crippen LogP contribution in [0.4, 0.5) is 11.4 Å². The summed E-state index contributed by atoms with van der Waals surface area (Å²) in [5, 5.41) is 3.59. The summed E-state index contributed by atoms with van der Waals surface area (Å²) in [7, 11) is 0. The number of amidine groups is 2. The molecule has 0 aliphatic carbocycles. The zero-order chi connectivity index (χ0) is 22.1. The third-order valence-corrected chi connectivity index (χ3v) is 6.72. The van der Waals surface area contributed by atoms with Crippen LogP contribution in [0.1, 0.15) is 32.8 Å². The number of rotatable bonds is 5. The number of hydrogen-bond acceptors (Lipinski definition) is 5. The molecule has 31 heavy (non-hydrogen) atoms. The third kappa shape index (κ3) is 4.25. The summed E-state index contributed by atoms with van der Waals surface area (Å²) in [6, 6.07) is 14.2. The molecule has 160 valence electrons. The second kappa shape index (κ2) is 8.85. The minimum Gasteiger partial charge on any atom is -0.325 e. The molecule has 4 rings (SSSR count). The van der Waals surface area contributed by atoms with Gasteiger partial charge in [0, 0.05) is 16.3 Å². The molecule has 2 aromatic carbocycles. The highest BCUT2D eigenvalue weighted by Crippen LogP contribution is 2.36. The van der Waals surface area contributed by atoms with E-state index in [2.05, 4.69) is 5.32 Å². The predicted octanol–water partition coefficient (Wildman–Crippen LogP) is 5.11. The van der Waals surface area contributed by atoms with Gasteiger partial charge in [0.2, 0.25) is 5.91 Å². The fourth-order valence-electron chi connectivity index (χ4n) is 3.49. The number of thioether (sulfide) groups is 1. The van der Waals surface area contributed by atoms with E-state index in [1.54, 1.807) is 29.2 Å². The number of aliphatic imine (C=N–C) groups is 2. The molecule has 2 atom stereocenters. The van der Waals surface area contributed by atoms with Gasteiger partial charge in [0.25, 0.3) is 5.91 Å². The summed E-state index contributed by atoms with van der Waals surface area (Å²) in [5.74, 6) is 0.435. The molecule has 0 saturated heterocycles. The number of fused-ring (bicyclic) bond motifs is 3. The van der Waals surface area contributed by atoms with Crippen molar-refractivity contribution in [2.24, 2.45) is 15.9 Å². The van der Waals surface area contributed by atoms with Gasteiger partial charge in [-0.25, -0.2) is 9.89 Å². The lowest BCUT2D eigenvalue weighted by atomic mass is 10.1. The Morgan fingerprint density at radius 1 is 1.19 bits per heavy atom. The van der Waals surface area contributed by atoms with Crippen molar-refractivity contribution in [1.82, 2.24) is 4.90 Å². The Hall–Kier alpha value is -2.64. The first-order chi connectivity index (χ1) is 14.9. The normalized spacial score (nSPS) is 18.3. The van der Waals surface area contributed by atoms with Crippen molar-refractivity contribution >= 4 is 57.6 Å². The number of para-hydroxylation sites is 1. The first kappa shape index (κ1) is 21.6. The van der Waals surface area contributed by atoms with Crippen LogP contribution < -0.4 is 5.32 Å². The molecule has 2 aliphatic heterocycles. The molecule has 8 heteroatoms. The van der Waals surface area contributed by atoms with Gasteiger partial charge in [0.15, 0.2) is 5.17 Å². The maximum Gasteiger partial charge on any atom is 0.259 e. The number of carbonyl (C=O) groups is 2. The maximum absolute atomic E-state index is 13.2. The van der Waals surface area contributed by atoms with Crippen LogP contribution in [0.25, 0.3) is 0 Å². The Bertz CT molecular complexity index is 1080.